The molecule has 0 aliphatic rings. The largest absolute Gasteiger partial charge is 0.444 e. The number of hydrogen-bond acceptors (Lipinski definition) is 3. The Hall–Kier alpha value is -1.45. The van der Waals surface area contributed by atoms with Gasteiger partial charge in [0, 0.05) is 52.7 Å². The predicted octanol–water partition coefficient (Wildman–Crippen LogP) is 3.54. The van der Waals surface area contributed by atoms with Gasteiger partial charge in [-0.25, -0.2) is 4.79 Å². The smallest absolute Gasteiger partial charge is 0.410 e. The van der Waals surface area contributed by atoms with Gasteiger partial charge in [-0.1, -0.05) is 6.92 Å². The molecule has 0 saturated heterocycles. The zero-order chi connectivity index (χ0) is 20.6. The van der Waals surface area contributed by atoms with Crippen LogP contribution in [0.2, 0.25) is 0 Å². The number of guanidine groups is 1. The molecule has 1 rings (SSSR count). The molecule has 8 heteroatoms. The van der Waals surface area contributed by atoms with Crippen molar-refractivity contribution in [3.63, 3.8) is 0 Å². The van der Waals surface area contributed by atoms with Gasteiger partial charge in [-0.3, -0.25) is 4.99 Å². The van der Waals surface area contributed by atoms with E-state index in [0.717, 1.165) is 19.0 Å². The highest BCUT2D eigenvalue weighted by atomic mass is 127. The molecule has 0 aliphatic heterocycles. The van der Waals surface area contributed by atoms with Gasteiger partial charge in [0.2, 0.25) is 0 Å². The van der Waals surface area contributed by atoms with Gasteiger partial charge in [0.25, 0.3) is 0 Å². The molecule has 0 spiro atoms. The quantitative estimate of drug-likeness (QED) is 0.349. The van der Waals surface area contributed by atoms with Crippen molar-refractivity contribution in [3.05, 3.63) is 24.0 Å². The van der Waals surface area contributed by atoms with Crippen LogP contribution < -0.4 is 5.32 Å². The van der Waals surface area contributed by atoms with Gasteiger partial charge in [-0.2, -0.15) is 0 Å². The van der Waals surface area contributed by atoms with Gasteiger partial charge in [0.05, 0.1) is 6.54 Å². The average molecular weight is 507 g/mol. The van der Waals surface area contributed by atoms with Crippen LogP contribution in [0.1, 0.15) is 40.3 Å². The van der Waals surface area contributed by atoms with Crippen LogP contribution in [0.4, 0.5) is 4.79 Å². The summed E-state index contributed by atoms with van der Waals surface area (Å²) in [6.45, 7) is 12.6. The fraction of sp³-hybridized carbons (Fsp3) is 0.700. The zero-order valence-corrected chi connectivity index (χ0v) is 21.0. The van der Waals surface area contributed by atoms with E-state index in [4.69, 9.17) is 9.73 Å². The molecule has 1 unspecified atom stereocenters. The van der Waals surface area contributed by atoms with E-state index in [1.807, 2.05) is 47.1 Å². The normalized spacial score (nSPS) is 12.8. The van der Waals surface area contributed by atoms with Crippen LogP contribution in [0.3, 0.4) is 0 Å². The second-order valence-corrected chi connectivity index (χ2v) is 8.13. The Morgan fingerprint density at radius 3 is 2.46 bits per heavy atom. The Morgan fingerprint density at radius 1 is 1.32 bits per heavy atom. The Bertz CT molecular complexity index is 624. The number of amides is 1. The molecule has 0 aliphatic carbocycles. The van der Waals surface area contributed by atoms with Crippen molar-refractivity contribution in [1.29, 1.82) is 0 Å². The molecule has 28 heavy (non-hydrogen) atoms. The summed E-state index contributed by atoms with van der Waals surface area (Å²) in [5.74, 6) is 1.09. The first-order valence-corrected chi connectivity index (χ1v) is 9.57. The Kier molecular flexibility index (Phi) is 11.6. The van der Waals surface area contributed by atoms with E-state index in [9.17, 15) is 4.79 Å². The van der Waals surface area contributed by atoms with E-state index in [1.165, 1.54) is 5.69 Å². The molecule has 0 aromatic carbocycles. The Balaban J connectivity index is 0.00000729. The maximum atomic E-state index is 12.1. The number of aliphatic imine (C=N–C) groups is 1. The maximum absolute atomic E-state index is 12.1. The summed E-state index contributed by atoms with van der Waals surface area (Å²) in [5.41, 5.74) is 0.741. The summed E-state index contributed by atoms with van der Waals surface area (Å²) in [6, 6.07) is 4.15. The van der Waals surface area contributed by atoms with Crippen molar-refractivity contribution >= 4 is 36.0 Å². The van der Waals surface area contributed by atoms with Gasteiger partial charge in [-0.05, 0) is 45.7 Å². The van der Waals surface area contributed by atoms with Crippen molar-refractivity contribution in [2.45, 2.75) is 46.8 Å². The summed E-state index contributed by atoms with van der Waals surface area (Å²) in [7, 11) is 5.84. The van der Waals surface area contributed by atoms with Crippen LogP contribution in [0.15, 0.2) is 23.3 Å². The minimum Gasteiger partial charge on any atom is -0.444 e. The summed E-state index contributed by atoms with van der Waals surface area (Å²) in [4.78, 5) is 20.6. The highest BCUT2D eigenvalue weighted by molar-refractivity contribution is 14.0. The van der Waals surface area contributed by atoms with Crippen LogP contribution in [-0.4, -0.2) is 65.8 Å². The number of carbonyl (C=O) groups is 1. The SMILES string of the molecule is CCNC(=NCC(C)CN(C)C(=O)OC(C)(C)C)N(C)Cc1cccn1C.I. The molecule has 1 atom stereocenters. The number of aromatic nitrogens is 1. The van der Waals surface area contributed by atoms with Crippen molar-refractivity contribution in [2.24, 2.45) is 18.0 Å². The van der Waals surface area contributed by atoms with E-state index >= 15 is 0 Å². The van der Waals surface area contributed by atoms with E-state index in [0.29, 0.717) is 13.1 Å². The monoisotopic (exact) mass is 507 g/mol. The lowest BCUT2D eigenvalue weighted by molar-refractivity contribution is 0.0279. The Morgan fingerprint density at radius 2 is 1.96 bits per heavy atom. The maximum Gasteiger partial charge on any atom is 0.410 e. The molecule has 7 nitrogen and oxygen atoms in total. The third-order valence-corrected chi connectivity index (χ3v) is 3.99. The summed E-state index contributed by atoms with van der Waals surface area (Å²) in [5, 5.41) is 3.34. The zero-order valence-electron chi connectivity index (χ0n) is 18.7. The number of aryl methyl sites for hydroxylation is 1. The number of ether oxygens (including phenoxy) is 1. The number of carbonyl (C=O) groups excluding carboxylic acids is 1. The van der Waals surface area contributed by atoms with Crippen LogP contribution in [-0.2, 0) is 18.3 Å². The molecule has 1 heterocycles. The van der Waals surface area contributed by atoms with Crippen molar-refractivity contribution < 1.29 is 9.53 Å². The van der Waals surface area contributed by atoms with Crippen LogP contribution in [0.25, 0.3) is 0 Å². The lowest BCUT2D eigenvalue weighted by Gasteiger charge is -2.26. The summed E-state index contributed by atoms with van der Waals surface area (Å²) >= 11 is 0. The average Bonchev–Trinajstić information content (AvgIpc) is 2.94. The first-order valence-electron chi connectivity index (χ1n) is 9.57. The molecule has 1 N–H and O–H groups in total. The topological polar surface area (TPSA) is 62.1 Å². The molecule has 162 valence electrons. The molecule has 0 bridgehead atoms. The van der Waals surface area contributed by atoms with Gasteiger partial charge in [-0.15, -0.1) is 24.0 Å². The van der Waals surface area contributed by atoms with Gasteiger partial charge >= 0.3 is 6.09 Å². The second-order valence-electron chi connectivity index (χ2n) is 8.13. The van der Waals surface area contributed by atoms with E-state index in [1.54, 1.807) is 11.9 Å². The molecule has 0 radical (unpaired) electrons. The van der Waals surface area contributed by atoms with E-state index in [-0.39, 0.29) is 36.0 Å². The van der Waals surface area contributed by atoms with Gasteiger partial charge in [0.15, 0.2) is 5.96 Å². The summed E-state index contributed by atoms with van der Waals surface area (Å²) in [6.07, 6.45) is 1.74. The Labute approximate surface area is 187 Å². The lowest BCUT2D eigenvalue weighted by Crippen LogP contribution is -2.40. The van der Waals surface area contributed by atoms with Crippen molar-refractivity contribution in [2.75, 3.05) is 33.7 Å². The van der Waals surface area contributed by atoms with Crippen molar-refractivity contribution in [3.8, 4) is 0 Å². The van der Waals surface area contributed by atoms with Crippen LogP contribution in [0, 0.1) is 5.92 Å². The molecular formula is C20H38IN5O2. The number of rotatable bonds is 7. The minimum atomic E-state index is -0.482. The molecule has 0 saturated carbocycles. The third-order valence-electron chi connectivity index (χ3n) is 3.99. The van der Waals surface area contributed by atoms with Crippen LogP contribution >= 0.6 is 24.0 Å². The fourth-order valence-corrected chi connectivity index (χ4v) is 2.63. The molecule has 1 aromatic heterocycles. The number of halogens is 1. The number of nitrogens with one attached hydrogen (secondary N) is 1. The minimum absolute atomic E-state index is 0. The standard InChI is InChI=1S/C20H37N5O2.HI/c1-9-21-18(24(7)15-17-11-10-12-23(17)6)22-13-16(2)14-25(8)19(26)27-20(3,4)5;/h10-12,16H,9,13-15H2,1-8H3,(H,21,22);1H. The molecule has 0 fully saturated rings. The highest BCUT2D eigenvalue weighted by Crippen LogP contribution is 2.10. The van der Waals surface area contributed by atoms with E-state index < -0.39 is 5.60 Å². The van der Waals surface area contributed by atoms with E-state index in [2.05, 4.69) is 34.7 Å². The fourth-order valence-electron chi connectivity index (χ4n) is 2.63. The van der Waals surface area contributed by atoms with Gasteiger partial charge < -0.3 is 24.4 Å². The molecular weight excluding hydrogens is 469 g/mol. The lowest BCUT2D eigenvalue weighted by atomic mass is 10.2. The molecule has 1 amide bonds. The first kappa shape index (κ1) is 26.6. The van der Waals surface area contributed by atoms with Crippen molar-refractivity contribution in [1.82, 2.24) is 19.7 Å². The predicted molar refractivity (Wildman–Crippen MR) is 126 cm³/mol. The van der Waals surface area contributed by atoms with Crippen LogP contribution in [0.5, 0.6) is 0 Å². The molecule has 1 aromatic rings. The first-order chi connectivity index (χ1) is 12.5. The number of nitrogens with zero attached hydrogens (tertiary/aromatic N) is 4. The van der Waals surface area contributed by atoms with Gasteiger partial charge in [0.1, 0.15) is 5.60 Å². The number of hydrogen-bond donors (Lipinski definition) is 1. The summed E-state index contributed by atoms with van der Waals surface area (Å²) < 4.78 is 7.51. The second kappa shape index (κ2) is 12.2. The highest BCUT2D eigenvalue weighted by Gasteiger charge is 2.20. The third kappa shape index (κ3) is 9.66.